The summed E-state index contributed by atoms with van der Waals surface area (Å²) in [5, 5.41) is 3.12. The van der Waals surface area contributed by atoms with Gasteiger partial charge in [-0.05, 0) is 37.6 Å². The highest BCUT2D eigenvalue weighted by atomic mass is 79.9. The number of anilines is 1. The molecule has 3 heteroatoms. The zero-order valence-electron chi connectivity index (χ0n) is 10.4. The summed E-state index contributed by atoms with van der Waals surface area (Å²) in [7, 11) is 0. The maximum Gasteiger partial charge on any atom is 0.147 e. The van der Waals surface area contributed by atoms with Gasteiger partial charge in [0.2, 0.25) is 0 Å². The fourth-order valence-corrected chi connectivity index (χ4v) is 2.33. The van der Waals surface area contributed by atoms with Crippen molar-refractivity contribution in [1.29, 1.82) is 0 Å². The van der Waals surface area contributed by atoms with E-state index in [1.165, 1.54) is 17.2 Å². The Kier molecular flexibility index (Phi) is 4.02. The Morgan fingerprint density at radius 3 is 2.33 bits per heavy atom. The van der Waals surface area contributed by atoms with Crippen LogP contribution in [-0.4, -0.2) is 0 Å². The van der Waals surface area contributed by atoms with Gasteiger partial charge in [0.05, 0.1) is 5.69 Å². The van der Waals surface area contributed by atoms with Gasteiger partial charge in [-0.15, -0.1) is 0 Å². The summed E-state index contributed by atoms with van der Waals surface area (Å²) in [5.74, 6) is -0.242. The van der Waals surface area contributed by atoms with Crippen LogP contribution in [0.15, 0.2) is 40.9 Å². The van der Waals surface area contributed by atoms with Gasteiger partial charge in [0.1, 0.15) is 5.82 Å². The first kappa shape index (κ1) is 13.1. The van der Waals surface area contributed by atoms with E-state index in [2.05, 4.69) is 53.3 Å². The third kappa shape index (κ3) is 3.33. The van der Waals surface area contributed by atoms with Crippen molar-refractivity contribution in [2.45, 2.75) is 20.4 Å². The minimum Gasteiger partial charge on any atom is -0.379 e. The van der Waals surface area contributed by atoms with Crippen LogP contribution in [-0.2, 0) is 6.54 Å². The van der Waals surface area contributed by atoms with Crippen molar-refractivity contribution in [1.82, 2.24) is 0 Å². The Morgan fingerprint density at radius 2 is 1.72 bits per heavy atom. The minimum atomic E-state index is -0.242. The molecular weight excluding hydrogens is 293 g/mol. The molecule has 0 saturated heterocycles. The van der Waals surface area contributed by atoms with Crippen LogP contribution in [0.5, 0.6) is 0 Å². The molecule has 0 unspecified atom stereocenters. The van der Waals surface area contributed by atoms with E-state index >= 15 is 0 Å². The van der Waals surface area contributed by atoms with Gasteiger partial charge < -0.3 is 5.32 Å². The molecule has 0 saturated carbocycles. The molecule has 0 aliphatic rings. The summed E-state index contributed by atoms with van der Waals surface area (Å²) in [6.07, 6.45) is 0. The fraction of sp³-hybridized carbons (Fsp3) is 0.200. The summed E-state index contributed by atoms with van der Waals surface area (Å²) >= 11 is 3.24. The Hall–Kier alpha value is -1.35. The lowest BCUT2D eigenvalue weighted by molar-refractivity contribution is 0.629. The molecule has 0 radical (unpaired) electrons. The Balaban J connectivity index is 2.11. The van der Waals surface area contributed by atoms with Gasteiger partial charge >= 0.3 is 0 Å². The van der Waals surface area contributed by atoms with E-state index in [0.29, 0.717) is 12.2 Å². The van der Waals surface area contributed by atoms with Gasteiger partial charge in [-0.2, -0.15) is 0 Å². The highest BCUT2D eigenvalue weighted by Crippen LogP contribution is 2.20. The zero-order chi connectivity index (χ0) is 13.1. The van der Waals surface area contributed by atoms with Gasteiger partial charge in [-0.3, -0.25) is 0 Å². The van der Waals surface area contributed by atoms with Gasteiger partial charge in [-0.1, -0.05) is 45.3 Å². The predicted octanol–water partition coefficient (Wildman–Crippen LogP) is 4.82. The van der Waals surface area contributed by atoms with Crippen LogP contribution in [0.2, 0.25) is 0 Å². The van der Waals surface area contributed by atoms with Crippen LogP contribution in [0.25, 0.3) is 0 Å². The van der Waals surface area contributed by atoms with Crippen molar-refractivity contribution in [3.05, 3.63) is 63.4 Å². The average molecular weight is 308 g/mol. The monoisotopic (exact) mass is 307 g/mol. The van der Waals surface area contributed by atoms with E-state index in [0.717, 1.165) is 10.0 Å². The lowest BCUT2D eigenvalue weighted by Gasteiger charge is -2.09. The highest BCUT2D eigenvalue weighted by Gasteiger charge is 2.02. The standard InChI is InChI=1S/C15H15BrFN/c1-10-5-11(2)7-12(6-10)9-18-15-4-3-13(16)8-14(15)17/h3-8,18H,9H2,1-2H3. The number of rotatable bonds is 3. The van der Waals surface area contributed by atoms with Crippen molar-refractivity contribution in [2.75, 3.05) is 5.32 Å². The summed E-state index contributed by atoms with van der Waals surface area (Å²) in [6, 6.07) is 11.4. The molecule has 2 rings (SSSR count). The summed E-state index contributed by atoms with van der Waals surface area (Å²) < 4.78 is 14.4. The molecule has 0 fully saturated rings. The van der Waals surface area contributed by atoms with E-state index in [1.54, 1.807) is 6.07 Å². The topological polar surface area (TPSA) is 12.0 Å². The number of benzene rings is 2. The lowest BCUT2D eigenvalue weighted by Crippen LogP contribution is -2.02. The predicted molar refractivity (Wildman–Crippen MR) is 77.3 cm³/mol. The Labute approximate surface area is 115 Å². The zero-order valence-corrected chi connectivity index (χ0v) is 12.0. The normalized spacial score (nSPS) is 10.4. The second-order valence-electron chi connectivity index (χ2n) is 4.47. The van der Waals surface area contributed by atoms with Gasteiger partial charge in [0.25, 0.3) is 0 Å². The third-order valence-corrected chi connectivity index (χ3v) is 3.19. The first-order valence-corrected chi connectivity index (χ1v) is 6.60. The number of aryl methyl sites for hydroxylation is 2. The smallest absolute Gasteiger partial charge is 0.147 e. The first-order valence-electron chi connectivity index (χ1n) is 5.81. The molecule has 94 valence electrons. The molecule has 0 aliphatic heterocycles. The first-order chi connectivity index (χ1) is 8.54. The number of nitrogens with one attached hydrogen (secondary N) is 1. The van der Waals surface area contributed by atoms with Gasteiger partial charge in [0.15, 0.2) is 0 Å². The fourth-order valence-electron chi connectivity index (χ4n) is 2.00. The molecule has 1 nitrogen and oxygen atoms in total. The van der Waals surface area contributed by atoms with Gasteiger partial charge in [0, 0.05) is 11.0 Å². The molecule has 0 aromatic heterocycles. The van der Waals surface area contributed by atoms with Crippen LogP contribution < -0.4 is 5.32 Å². The molecule has 0 heterocycles. The molecule has 2 aromatic rings. The van der Waals surface area contributed by atoms with Crippen molar-refractivity contribution < 1.29 is 4.39 Å². The second kappa shape index (κ2) is 5.53. The van der Waals surface area contributed by atoms with E-state index in [9.17, 15) is 4.39 Å². The molecule has 0 spiro atoms. The highest BCUT2D eigenvalue weighted by molar-refractivity contribution is 9.10. The largest absolute Gasteiger partial charge is 0.379 e. The molecule has 0 bridgehead atoms. The quantitative estimate of drug-likeness (QED) is 0.857. The van der Waals surface area contributed by atoms with E-state index in [-0.39, 0.29) is 5.82 Å². The minimum absolute atomic E-state index is 0.242. The molecule has 0 amide bonds. The van der Waals surface area contributed by atoms with Crippen LogP contribution in [0.3, 0.4) is 0 Å². The van der Waals surface area contributed by atoms with Crippen molar-refractivity contribution in [3.8, 4) is 0 Å². The van der Waals surface area contributed by atoms with Crippen molar-refractivity contribution in [2.24, 2.45) is 0 Å². The summed E-state index contributed by atoms with van der Waals surface area (Å²) in [4.78, 5) is 0. The molecular formula is C15H15BrFN. The Morgan fingerprint density at radius 1 is 1.06 bits per heavy atom. The SMILES string of the molecule is Cc1cc(C)cc(CNc2ccc(Br)cc2F)c1. The van der Waals surface area contributed by atoms with Crippen LogP contribution in [0, 0.1) is 19.7 Å². The van der Waals surface area contributed by atoms with E-state index in [1.807, 2.05) is 6.07 Å². The van der Waals surface area contributed by atoms with Crippen LogP contribution in [0.4, 0.5) is 10.1 Å². The number of hydrogen-bond acceptors (Lipinski definition) is 1. The molecule has 1 N–H and O–H groups in total. The number of halogens is 2. The third-order valence-electron chi connectivity index (χ3n) is 2.70. The lowest BCUT2D eigenvalue weighted by atomic mass is 10.1. The maximum absolute atomic E-state index is 13.6. The maximum atomic E-state index is 13.6. The molecule has 0 aliphatic carbocycles. The summed E-state index contributed by atoms with van der Waals surface area (Å²) in [5.41, 5.74) is 4.14. The van der Waals surface area contributed by atoms with Crippen molar-refractivity contribution >= 4 is 21.6 Å². The molecule has 18 heavy (non-hydrogen) atoms. The van der Waals surface area contributed by atoms with E-state index in [4.69, 9.17) is 0 Å². The van der Waals surface area contributed by atoms with E-state index < -0.39 is 0 Å². The molecule has 0 atom stereocenters. The van der Waals surface area contributed by atoms with Crippen molar-refractivity contribution in [3.63, 3.8) is 0 Å². The number of hydrogen-bond donors (Lipinski definition) is 1. The van der Waals surface area contributed by atoms with Crippen LogP contribution in [0.1, 0.15) is 16.7 Å². The van der Waals surface area contributed by atoms with Gasteiger partial charge in [-0.25, -0.2) is 4.39 Å². The molecule has 2 aromatic carbocycles. The Bertz CT molecular complexity index is 546. The van der Waals surface area contributed by atoms with Crippen LogP contribution >= 0.6 is 15.9 Å². The second-order valence-corrected chi connectivity index (χ2v) is 5.39. The average Bonchev–Trinajstić information content (AvgIpc) is 2.26. The summed E-state index contributed by atoms with van der Waals surface area (Å²) in [6.45, 7) is 4.76.